The highest BCUT2D eigenvalue weighted by atomic mass is 32.1. The fourth-order valence-corrected chi connectivity index (χ4v) is 2.49. The van der Waals surface area contributed by atoms with Crippen molar-refractivity contribution in [3.63, 3.8) is 0 Å². The maximum atomic E-state index is 12.3. The van der Waals surface area contributed by atoms with Crippen molar-refractivity contribution in [2.24, 2.45) is 0 Å². The first kappa shape index (κ1) is 16.5. The number of hydrogen-bond donors (Lipinski definition) is 1. The molecular weight excluding hydrogens is 312 g/mol. The zero-order valence-corrected chi connectivity index (χ0v) is 13.2. The molecule has 0 radical (unpaired) electrons. The Bertz CT molecular complexity index is 773. The first-order chi connectivity index (χ1) is 11.2. The summed E-state index contributed by atoms with van der Waals surface area (Å²) in [5.41, 5.74) is 0.519. The van der Waals surface area contributed by atoms with Crippen molar-refractivity contribution in [1.29, 1.82) is 5.26 Å². The van der Waals surface area contributed by atoms with Crippen LogP contribution in [0.3, 0.4) is 0 Å². The summed E-state index contributed by atoms with van der Waals surface area (Å²) in [5, 5.41) is 13.6. The number of carbonyl (C=O) groups excluding carboxylic acids is 2. The summed E-state index contributed by atoms with van der Waals surface area (Å²) in [6.07, 6.45) is 1.51. The molecule has 0 saturated carbocycles. The third kappa shape index (κ3) is 4.28. The Hall–Kier alpha value is -2.91. The molecule has 1 heterocycles. The van der Waals surface area contributed by atoms with Gasteiger partial charge in [-0.05, 0) is 36.6 Å². The van der Waals surface area contributed by atoms with Gasteiger partial charge in [0.1, 0.15) is 11.6 Å². The number of rotatable bonds is 5. The predicted molar refractivity (Wildman–Crippen MR) is 88.9 cm³/mol. The number of esters is 1. The molecule has 0 unspecified atom stereocenters. The number of anilines is 1. The molecule has 116 valence electrons. The lowest BCUT2D eigenvalue weighted by atomic mass is 10.1. The Morgan fingerprint density at radius 1 is 1.30 bits per heavy atom. The van der Waals surface area contributed by atoms with Gasteiger partial charge >= 0.3 is 5.97 Å². The molecule has 0 fully saturated rings. The first-order valence-corrected chi connectivity index (χ1v) is 7.76. The van der Waals surface area contributed by atoms with E-state index in [2.05, 4.69) is 5.32 Å². The molecule has 6 heteroatoms. The summed E-state index contributed by atoms with van der Waals surface area (Å²) in [6, 6.07) is 12.0. The summed E-state index contributed by atoms with van der Waals surface area (Å²) in [4.78, 5) is 24.9. The average Bonchev–Trinajstić information content (AvgIpc) is 3.06. The minimum absolute atomic E-state index is 0.0360. The van der Waals surface area contributed by atoms with Gasteiger partial charge in [-0.25, -0.2) is 4.79 Å². The van der Waals surface area contributed by atoms with Gasteiger partial charge in [0.05, 0.1) is 17.9 Å². The van der Waals surface area contributed by atoms with Crippen molar-refractivity contribution in [1.82, 2.24) is 0 Å². The molecule has 23 heavy (non-hydrogen) atoms. The molecule has 0 atom stereocenters. The van der Waals surface area contributed by atoms with E-state index < -0.39 is 11.9 Å². The van der Waals surface area contributed by atoms with E-state index in [4.69, 9.17) is 10.00 Å². The van der Waals surface area contributed by atoms with E-state index in [9.17, 15) is 9.59 Å². The zero-order chi connectivity index (χ0) is 16.7. The van der Waals surface area contributed by atoms with Crippen LogP contribution in [0, 0.1) is 11.3 Å². The van der Waals surface area contributed by atoms with Gasteiger partial charge in [0.15, 0.2) is 0 Å². The van der Waals surface area contributed by atoms with Gasteiger partial charge in [-0.15, -0.1) is 11.3 Å². The second kappa shape index (κ2) is 7.92. The summed E-state index contributed by atoms with van der Waals surface area (Å²) < 4.78 is 4.95. The van der Waals surface area contributed by atoms with E-state index >= 15 is 0 Å². The van der Waals surface area contributed by atoms with E-state index in [1.54, 1.807) is 31.2 Å². The molecule has 0 saturated heterocycles. The van der Waals surface area contributed by atoms with Crippen LogP contribution in [0.25, 0.3) is 6.08 Å². The van der Waals surface area contributed by atoms with Gasteiger partial charge in [0.2, 0.25) is 0 Å². The van der Waals surface area contributed by atoms with Gasteiger partial charge in [-0.2, -0.15) is 5.26 Å². The average molecular weight is 326 g/mol. The Balaban J connectivity index is 2.23. The Kier molecular flexibility index (Phi) is 5.67. The van der Waals surface area contributed by atoms with E-state index in [0.717, 1.165) is 4.88 Å². The van der Waals surface area contributed by atoms with Crippen LogP contribution in [0.1, 0.15) is 22.2 Å². The number of nitrogens with one attached hydrogen (secondary N) is 1. The van der Waals surface area contributed by atoms with Crippen molar-refractivity contribution in [3.8, 4) is 6.07 Å². The zero-order valence-electron chi connectivity index (χ0n) is 12.4. The van der Waals surface area contributed by atoms with Gasteiger partial charge in [-0.3, -0.25) is 4.79 Å². The molecular formula is C17H14N2O3S. The van der Waals surface area contributed by atoms with Crippen molar-refractivity contribution >= 4 is 35.0 Å². The number of amides is 1. The van der Waals surface area contributed by atoms with E-state index in [1.807, 2.05) is 23.6 Å². The van der Waals surface area contributed by atoms with Crippen molar-refractivity contribution < 1.29 is 14.3 Å². The largest absolute Gasteiger partial charge is 0.462 e. The SMILES string of the molecule is CCOC(=O)c1ccccc1NC(=O)C(C#N)=Cc1cccs1. The standard InChI is InChI=1S/C17H14N2O3S/c1-2-22-17(21)14-7-3-4-8-15(14)19-16(20)12(11-18)10-13-6-5-9-23-13/h3-10H,2H2,1H3,(H,19,20). The first-order valence-electron chi connectivity index (χ1n) is 6.88. The number of carbonyl (C=O) groups is 2. The van der Waals surface area contributed by atoms with Gasteiger partial charge in [0.25, 0.3) is 5.91 Å². The molecule has 1 aromatic carbocycles. The predicted octanol–water partition coefficient (Wildman–Crippen LogP) is 3.47. The lowest BCUT2D eigenvalue weighted by molar-refractivity contribution is -0.112. The lowest BCUT2D eigenvalue weighted by Gasteiger charge is -2.09. The molecule has 2 rings (SSSR count). The van der Waals surface area contributed by atoms with E-state index in [1.165, 1.54) is 17.4 Å². The van der Waals surface area contributed by atoms with Crippen molar-refractivity contribution in [2.45, 2.75) is 6.92 Å². The van der Waals surface area contributed by atoms with Gasteiger partial charge < -0.3 is 10.1 Å². The fourth-order valence-electron chi connectivity index (χ4n) is 1.83. The molecule has 0 bridgehead atoms. The second-order valence-corrected chi connectivity index (χ2v) is 5.38. The number of benzene rings is 1. The molecule has 2 aromatic rings. The van der Waals surface area contributed by atoms with Crippen molar-refractivity contribution in [3.05, 3.63) is 57.8 Å². The Labute approximate surface area is 137 Å². The number of nitrogens with zero attached hydrogens (tertiary/aromatic N) is 1. The molecule has 0 aliphatic carbocycles. The molecule has 0 aliphatic rings. The van der Waals surface area contributed by atoms with E-state index in [0.29, 0.717) is 5.69 Å². The number of nitriles is 1. The number of ether oxygens (including phenoxy) is 1. The third-order valence-corrected chi connectivity index (χ3v) is 3.68. The number of para-hydroxylation sites is 1. The summed E-state index contributed by atoms with van der Waals surface area (Å²) in [6.45, 7) is 1.94. The minimum Gasteiger partial charge on any atom is -0.462 e. The molecule has 1 amide bonds. The maximum absolute atomic E-state index is 12.3. The Morgan fingerprint density at radius 2 is 2.09 bits per heavy atom. The second-order valence-electron chi connectivity index (χ2n) is 4.41. The van der Waals surface area contributed by atoms with Crippen LogP contribution in [0.2, 0.25) is 0 Å². The highest BCUT2D eigenvalue weighted by molar-refractivity contribution is 7.10. The molecule has 1 aromatic heterocycles. The van der Waals surface area contributed by atoms with Gasteiger partial charge in [-0.1, -0.05) is 18.2 Å². The van der Waals surface area contributed by atoms with Crippen LogP contribution in [0.5, 0.6) is 0 Å². The normalized spacial score (nSPS) is 10.7. The third-order valence-electron chi connectivity index (χ3n) is 2.87. The molecule has 0 aliphatic heterocycles. The highest BCUT2D eigenvalue weighted by Gasteiger charge is 2.16. The topological polar surface area (TPSA) is 79.2 Å². The minimum atomic E-state index is -0.572. The number of thiophene rings is 1. The van der Waals surface area contributed by atoms with Crippen LogP contribution in [-0.4, -0.2) is 18.5 Å². The summed E-state index contributed by atoms with van der Waals surface area (Å²) >= 11 is 1.42. The Morgan fingerprint density at radius 3 is 2.74 bits per heavy atom. The molecule has 0 spiro atoms. The van der Waals surface area contributed by atoms with Crippen LogP contribution in [0.15, 0.2) is 47.4 Å². The smallest absolute Gasteiger partial charge is 0.340 e. The van der Waals surface area contributed by atoms with Gasteiger partial charge in [0, 0.05) is 4.88 Å². The molecule has 5 nitrogen and oxygen atoms in total. The van der Waals surface area contributed by atoms with Crippen LogP contribution in [-0.2, 0) is 9.53 Å². The quantitative estimate of drug-likeness (QED) is 0.518. The summed E-state index contributed by atoms with van der Waals surface area (Å²) in [5.74, 6) is -1.10. The monoisotopic (exact) mass is 326 g/mol. The van der Waals surface area contributed by atoms with E-state index in [-0.39, 0.29) is 17.7 Å². The summed E-state index contributed by atoms with van der Waals surface area (Å²) in [7, 11) is 0. The van der Waals surface area contributed by atoms with Crippen LogP contribution < -0.4 is 5.32 Å². The fraction of sp³-hybridized carbons (Fsp3) is 0.118. The highest BCUT2D eigenvalue weighted by Crippen LogP contribution is 2.18. The molecule has 1 N–H and O–H groups in total. The lowest BCUT2D eigenvalue weighted by Crippen LogP contribution is -2.17. The number of hydrogen-bond acceptors (Lipinski definition) is 5. The van der Waals surface area contributed by atoms with Crippen LogP contribution in [0.4, 0.5) is 5.69 Å². The van der Waals surface area contributed by atoms with Crippen LogP contribution >= 0.6 is 11.3 Å². The maximum Gasteiger partial charge on any atom is 0.340 e. The van der Waals surface area contributed by atoms with Crippen molar-refractivity contribution in [2.75, 3.05) is 11.9 Å².